The van der Waals surface area contributed by atoms with Crippen molar-refractivity contribution in [1.82, 2.24) is 0 Å². The Kier molecular flexibility index (Phi) is 4.58. The van der Waals surface area contributed by atoms with Gasteiger partial charge in [0.15, 0.2) is 12.0 Å². The first-order valence-electron chi connectivity index (χ1n) is 6.16. The minimum Gasteiger partial charge on any atom is -0.508 e. The predicted molar refractivity (Wildman–Crippen MR) is 75.0 cm³/mol. The van der Waals surface area contributed by atoms with Crippen LogP contribution in [-0.2, 0) is 6.42 Å². The largest absolute Gasteiger partial charge is 0.508 e. The van der Waals surface area contributed by atoms with E-state index in [-0.39, 0.29) is 8.43 Å². The molecular weight excluding hydrogens is 263 g/mol. The van der Waals surface area contributed by atoms with Crippen molar-refractivity contribution in [2.45, 2.75) is 26.7 Å². The second-order valence-corrected chi connectivity index (χ2v) is 4.93. The predicted octanol–water partition coefficient (Wildman–Crippen LogP) is 4.79. The van der Waals surface area contributed by atoms with Gasteiger partial charge in [-0.3, -0.25) is 8.93 Å². The first-order valence-corrected chi connectivity index (χ1v) is 7.14. The van der Waals surface area contributed by atoms with Crippen molar-refractivity contribution in [3.05, 3.63) is 41.4 Å². The van der Waals surface area contributed by atoms with E-state index in [0.29, 0.717) is 11.5 Å². The zero-order chi connectivity index (χ0) is 13.7. The fourth-order valence-electron chi connectivity index (χ4n) is 1.84. The Balaban J connectivity index is 2.38. The summed E-state index contributed by atoms with van der Waals surface area (Å²) in [6.07, 6.45) is 3.26. The molecule has 0 saturated heterocycles. The molecule has 0 fully saturated rings. The number of rotatable bonds is 4. The molecule has 1 aromatic heterocycles. The zero-order valence-electron chi connectivity index (χ0n) is 11.0. The molecule has 0 radical (unpaired) electrons. The molecule has 0 aliphatic carbocycles. The van der Waals surface area contributed by atoms with E-state index in [0.717, 1.165) is 29.7 Å². The summed E-state index contributed by atoms with van der Waals surface area (Å²) in [6.45, 7) is 3.99. The Bertz CT molecular complexity index is 559. The normalized spacial score (nSPS) is 10.6. The van der Waals surface area contributed by atoms with Gasteiger partial charge >= 0.3 is 0 Å². The molecule has 1 N–H and O–H groups in total. The van der Waals surface area contributed by atoms with Crippen LogP contribution in [0.25, 0.3) is 0 Å². The molecule has 0 aliphatic rings. The standard InChI is InChI=1S/C14H17O4P/c1-3-4-12-10(2)13(15)5-6-14(12)17-11-7-8-19-18-16-9-11/h5-9,15,19H,3-4H2,1-2H3. The molecule has 1 atom stereocenters. The lowest BCUT2D eigenvalue weighted by Gasteiger charge is -2.13. The van der Waals surface area contributed by atoms with E-state index in [1.54, 1.807) is 12.1 Å². The minimum absolute atomic E-state index is 0.160. The molecule has 1 aromatic carbocycles. The summed E-state index contributed by atoms with van der Waals surface area (Å²) >= 11 is 0. The average molecular weight is 280 g/mol. The van der Waals surface area contributed by atoms with Gasteiger partial charge < -0.3 is 9.84 Å². The smallest absolute Gasteiger partial charge is 0.185 e. The molecule has 1 unspecified atom stereocenters. The van der Waals surface area contributed by atoms with E-state index in [2.05, 4.69) is 6.92 Å². The second-order valence-electron chi connectivity index (χ2n) is 4.19. The lowest BCUT2D eigenvalue weighted by atomic mass is 10.0. The van der Waals surface area contributed by atoms with Crippen LogP contribution in [-0.4, -0.2) is 5.11 Å². The number of ether oxygens (including phenoxy) is 1. The van der Waals surface area contributed by atoms with E-state index in [4.69, 9.17) is 13.7 Å². The summed E-state index contributed by atoms with van der Waals surface area (Å²) < 4.78 is 15.5. The minimum atomic E-state index is 0.160. The summed E-state index contributed by atoms with van der Waals surface area (Å²) in [5, 5.41) is 9.77. The first-order chi connectivity index (χ1) is 9.22. The average Bonchev–Trinajstić information content (AvgIpc) is 2.67. The Morgan fingerprint density at radius 2 is 2.16 bits per heavy atom. The monoisotopic (exact) mass is 280 g/mol. The Morgan fingerprint density at radius 1 is 1.32 bits per heavy atom. The van der Waals surface area contributed by atoms with E-state index >= 15 is 0 Å². The Morgan fingerprint density at radius 3 is 2.95 bits per heavy atom. The highest BCUT2D eigenvalue weighted by Gasteiger charge is 2.11. The fraction of sp³-hybridized carbons (Fsp3) is 0.286. The van der Waals surface area contributed by atoms with Crippen LogP contribution >= 0.6 is 8.43 Å². The first kappa shape index (κ1) is 13.6. The summed E-state index contributed by atoms with van der Waals surface area (Å²) in [7, 11) is 0.160. The third-order valence-corrected chi connectivity index (χ3v) is 3.33. The van der Waals surface area contributed by atoms with Gasteiger partial charge in [-0.1, -0.05) is 13.3 Å². The number of phenolic OH excluding ortho intramolecular Hbond substituents is 1. The zero-order valence-corrected chi connectivity index (χ0v) is 12.0. The van der Waals surface area contributed by atoms with E-state index in [1.165, 1.54) is 6.26 Å². The highest BCUT2D eigenvalue weighted by atomic mass is 31.1. The van der Waals surface area contributed by atoms with Crippen molar-refractivity contribution in [2.24, 2.45) is 0 Å². The second kappa shape index (κ2) is 6.39. The lowest BCUT2D eigenvalue weighted by Crippen LogP contribution is -1.95. The molecule has 102 valence electrons. The molecule has 1 heterocycles. The van der Waals surface area contributed by atoms with Crippen molar-refractivity contribution in [2.75, 3.05) is 0 Å². The Hall–Kier alpha value is -1.80. The van der Waals surface area contributed by atoms with Gasteiger partial charge in [-0.2, -0.15) is 0 Å². The maximum Gasteiger partial charge on any atom is 0.185 e. The Labute approximate surface area is 113 Å². The highest BCUT2D eigenvalue weighted by Crippen LogP contribution is 2.33. The summed E-state index contributed by atoms with van der Waals surface area (Å²) in [5.74, 6) is 3.45. The topological polar surface area (TPSA) is 55.7 Å². The molecule has 5 heteroatoms. The summed E-state index contributed by atoms with van der Waals surface area (Å²) in [6, 6.07) is 5.23. The van der Waals surface area contributed by atoms with Crippen molar-refractivity contribution >= 4 is 8.43 Å². The molecular formula is C14H17O4P. The SMILES string of the molecule is CCCc1c(Oc2cc[pH]ooc2)ccc(O)c1C. The van der Waals surface area contributed by atoms with Crippen LogP contribution in [0.2, 0.25) is 0 Å². The third-order valence-electron chi connectivity index (χ3n) is 2.83. The van der Waals surface area contributed by atoms with Crippen LogP contribution in [0.4, 0.5) is 0 Å². The quantitative estimate of drug-likeness (QED) is 0.818. The number of aromatic hydroxyl groups is 1. The van der Waals surface area contributed by atoms with Gasteiger partial charge in [0.05, 0.1) is 8.43 Å². The van der Waals surface area contributed by atoms with Gasteiger partial charge in [-0.25, -0.2) is 0 Å². The molecule has 0 aliphatic heterocycles. The molecule has 19 heavy (non-hydrogen) atoms. The van der Waals surface area contributed by atoms with Gasteiger partial charge in [-0.15, -0.1) is 0 Å². The number of hydrogen-bond donors (Lipinski definition) is 1. The van der Waals surface area contributed by atoms with Crippen LogP contribution in [0.5, 0.6) is 17.2 Å². The fourth-order valence-corrected chi connectivity index (χ4v) is 2.23. The van der Waals surface area contributed by atoms with Gasteiger partial charge in [0.25, 0.3) is 0 Å². The molecule has 0 bridgehead atoms. The number of phenols is 1. The molecule has 2 aromatic rings. The van der Waals surface area contributed by atoms with Crippen molar-refractivity contribution < 1.29 is 18.8 Å². The van der Waals surface area contributed by atoms with E-state index in [9.17, 15) is 5.11 Å². The maximum atomic E-state index is 9.77. The van der Waals surface area contributed by atoms with Crippen LogP contribution in [0, 0.1) is 6.92 Å². The van der Waals surface area contributed by atoms with E-state index < -0.39 is 0 Å². The van der Waals surface area contributed by atoms with Gasteiger partial charge in [-0.05, 0) is 42.9 Å². The van der Waals surface area contributed by atoms with Crippen LogP contribution in [0.3, 0.4) is 0 Å². The molecule has 0 amide bonds. The summed E-state index contributed by atoms with van der Waals surface area (Å²) in [4.78, 5) is 0. The lowest BCUT2D eigenvalue weighted by molar-refractivity contribution is 0.0989. The van der Waals surface area contributed by atoms with E-state index in [1.807, 2.05) is 18.8 Å². The number of benzene rings is 1. The van der Waals surface area contributed by atoms with Crippen molar-refractivity contribution in [3.8, 4) is 17.2 Å². The van der Waals surface area contributed by atoms with Gasteiger partial charge in [0.2, 0.25) is 0 Å². The van der Waals surface area contributed by atoms with Crippen molar-refractivity contribution in [1.29, 1.82) is 0 Å². The van der Waals surface area contributed by atoms with Gasteiger partial charge in [0, 0.05) is 5.56 Å². The van der Waals surface area contributed by atoms with Crippen LogP contribution in [0.15, 0.2) is 39.2 Å². The van der Waals surface area contributed by atoms with Crippen LogP contribution < -0.4 is 4.74 Å². The highest BCUT2D eigenvalue weighted by molar-refractivity contribution is 7.21. The van der Waals surface area contributed by atoms with Gasteiger partial charge in [0.1, 0.15) is 11.5 Å². The molecule has 0 spiro atoms. The number of hydrogen-bond acceptors (Lipinski definition) is 4. The molecule has 0 saturated carbocycles. The van der Waals surface area contributed by atoms with Crippen LogP contribution in [0.1, 0.15) is 24.5 Å². The molecule has 4 nitrogen and oxygen atoms in total. The molecule has 2 rings (SSSR count). The maximum absolute atomic E-state index is 9.77. The summed E-state index contributed by atoms with van der Waals surface area (Å²) in [5.41, 5.74) is 1.88. The third kappa shape index (κ3) is 3.36. The van der Waals surface area contributed by atoms with Crippen molar-refractivity contribution in [3.63, 3.8) is 0 Å².